The summed E-state index contributed by atoms with van der Waals surface area (Å²) in [5.41, 5.74) is 0.0897. The van der Waals surface area contributed by atoms with E-state index in [9.17, 15) is 9.59 Å². The van der Waals surface area contributed by atoms with Crippen molar-refractivity contribution in [1.29, 1.82) is 0 Å². The molecule has 20 heavy (non-hydrogen) atoms. The van der Waals surface area contributed by atoms with E-state index in [-0.39, 0.29) is 5.91 Å². The summed E-state index contributed by atoms with van der Waals surface area (Å²) >= 11 is 1.58. The number of carbonyl (C=O) groups is 2. The second-order valence-corrected chi connectivity index (χ2v) is 5.91. The molecule has 2 fully saturated rings. The Morgan fingerprint density at radius 2 is 2.25 bits per heavy atom. The number of rotatable bonds is 1. The first-order chi connectivity index (χ1) is 9.68. The Labute approximate surface area is 118 Å². The molecule has 102 valence electrons. The van der Waals surface area contributed by atoms with Gasteiger partial charge in [0.05, 0.1) is 16.8 Å². The minimum absolute atomic E-state index is 0.249. The molecule has 0 aromatic carbocycles. The number of aromatic nitrogens is 2. The minimum atomic E-state index is -0.814. The van der Waals surface area contributed by atoms with Gasteiger partial charge in [-0.25, -0.2) is 14.8 Å². The van der Waals surface area contributed by atoms with Crippen molar-refractivity contribution >= 4 is 39.3 Å². The van der Waals surface area contributed by atoms with Gasteiger partial charge in [0.2, 0.25) is 0 Å². The maximum atomic E-state index is 11.9. The normalized spacial score (nSPS) is 25.5. The van der Waals surface area contributed by atoms with Crippen molar-refractivity contribution in [2.75, 3.05) is 18.0 Å². The van der Waals surface area contributed by atoms with Crippen LogP contribution in [-0.4, -0.2) is 40.5 Å². The molecule has 8 heteroatoms. The van der Waals surface area contributed by atoms with Crippen LogP contribution in [-0.2, 0) is 4.79 Å². The fourth-order valence-corrected chi connectivity index (χ4v) is 3.67. The highest BCUT2D eigenvalue weighted by Gasteiger charge is 2.51. The predicted octanol–water partition coefficient (Wildman–Crippen LogP) is 0.480. The van der Waals surface area contributed by atoms with Gasteiger partial charge >= 0.3 is 6.03 Å². The molecule has 2 N–H and O–H groups in total. The lowest BCUT2D eigenvalue weighted by Gasteiger charge is -2.21. The van der Waals surface area contributed by atoms with E-state index in [0.717, 1.165) is 16.0 Å². The summed E-state index contributed by atoms with van der Waals surface area (Å²) < 4.78 is 1.01. The zero-order valence-corrected chi connectivity index (χ0v) is 11.2. The van der Waals surface area contributed by atoms with Gasteiger partial charge in [0.25, 0.3) is 5.91 Å². The number of nitrogens with one attached hydrogen (secondary N) is 2. The van der Waals surface area contributed by atoms with E-state index >= 15 is 0 Å². The highest BCUT2D eigenvalue weighted by atomic mass is 32.1. The molecule has 4 rings (SSSR count). The number of fused-ring (bicyclic) bond motifs is 1. The van der Waals surface area contributed by atoms with Crippen LogP contribution in [0.5, 0.6) is 0 Å². The fourth-order valence-electron chi connectivity index (χ4n) is 2.81. The second-order valence-electron chi connectivity index (χ2n) is 4.99. The average molecular weight is 289 g/mol. The standard InChI is InChI=1S/C12H11N5O2S/c18-10-12(16-11(19)15-10)2-3-17(5-12)9-8-7(1-4-20-8)13-6-14-9/h1,4,6H,2-3,5H2,(H2,15,16,18,19). The molecular weight excluding hydrogens is 278 g/mol. The fraction of sp³-hybridized carbons (Fsp3) is 0.333. The zero-order chi connectivity index (χ0) is 13.7. The molecule has 3 amide bonds. The van der Waals surface area contributed by atoms with Crippen LogP contribution in [0.1, 0.15) is 6.42 Å². The smallest absolute Gasteiger partial charge is 0.322 e. The molecular formula is C12H11N5O2S. The van der Waals surface area contributed by atoms with Crippen molar-refractivity contribution in [2.45, 2.75) is 12.0 Å². The maximum Gasteiger partial charge on any atom is 0.322 e. The molecule has 0 saturated carbocycles. The summed E-state index contributed by atoms with van der Waals surface area (Å²) in [6.45, 7) is 1.12. The van der Waals surface area contributed by atoms with Crippen LogP contribution < -0.4 is 15.5 Å². The van der Waals surface area contributed by atoms with E-state index in [1.807, 2.05) is 16.3 Å². The molecule has 2 aromatic heterocycles. The van der Waals surface area contributed by atoms with Crippen LogP contribution in [0.3, 0.4) is 0 Å². The number of urea groups is 1. The van der Waals surface area contributed by atoms with Gasteiger partial charge in [-0.2, -0.15) is 0 Å². The Bertz CT molecular complexity index is 729. The van der Waals surface area contributed by atoms with E-state index in [4.69, 9.17) is 0 Å². The Morgan fingerprint density at radius 1 is 1.35 bits per heavy atom. The van der Waals surface area contributed by atoms with Crippen molar-refractivity contribution in [3.8, 4) is 0 Å². The number of anilines is 1. The van der Waals surface area contributed by atoms with Gasteiger partial charge in [-0.1, -0.05) is 0 Å². The lowest BCUT2D eigenvalue weighted by molar-refractivity contribution is -0.123. The third-order valence-electron chi connectivity index (χ3n) is 3.81. The van der Waals surface area contributed by atoms with Crippen molar-refractivity contribution in [3.63, 3.8) is 0 Å². The zero-order valence-electron chi connectivity index (χ0n) is 10.4. The lowest BCUT2D eigenvalue weighted by Crippen LogP contribution is -2.49. The van der Waals surface area contributed by atoms with Gasteiger partial charge in [0, 0.05) is 6.54 Å². The van der Waals surface area contributed by atoms with Gasteiger partial charge in [-0.3, -0.25) is 10.1 Å². The summed E-state index contributed by atoms with van der Waals surface area (Å²) in [6, 6.07) is 1.53. The average Bonchev–Trinajstić information content (AvgIpc) is 3.10. The van der Waals surface area contributed by atoms with Crippen molar-refractivity contribution < 1.29 is 9.59 Å². The lowest BCUT2D eigenvalue weighted by atomic mass is 10.00. The van der Waals surface area contributed by atoms with E-state index in [1.54, 1.807) is 11.3 Å². The molecule has 7 nitrogen and oxygen atoms in total. The van der Waals surface area contributed by atoms with Gasteiger partial charge in [0.15, 0.2) is 0 Å². The SMILES string of the molecule is O=C1NC(=O)C2(CCN(c3ncnc4ccsc34)C2)N1. The van der Waals surface area contributed by atoms with Crippen LogP contribution in [0.15, 0.2) is 17.8 Å². The number of amides is 3. The van der Waals surface area contributed by atoms with Crippen molar-refractivity contribution in [1.82, 2.24) is 20.6 Å². The highest BCUT2D eigenvalue weighted by molar-refractivity contribution is 7.17. The Hall–Kier alpha value is -2.22. The largest absolute Gasteiger partial charge is 0.352 e. The quantitative estimate of drug-likeness (QED) is 0.746. The topological polar surface area (TPSA) is 87.2 Å². The van der Waals surface area contributed by atoms with Crippen LogP contribution in [0, 0.1) is 0 Å². The summed E-state index contributed by atoms with van der Waals surface area (Å²) in [5.74, 6) is 0.581. The Kier molecular flexibility index (Phi) is 2.25. The van der Waals surface area contributed by atoms with Crippen LogP contribution >= 0.6 is 11.3 Å². The Morgan fingerprint density at radius 3 is 3.05 bits per heavy atom. The Balaban J connectivity index is 1.70. The number of hydrogen-bond acceptors (Lipinski definition) is 6. The van der Waals surface area contributed by atoms with E-state index in [1.165, 1.54) is 6.33 Å². The molecule has 0 radical (unpaired) electrons. The first-order valence-electron chi connectivity index (χ1n) is 6.25. The van der Waals surface area contributed by atoms with Crippen LogP contribution in [0.4, 0.5) is 10.6 Å². The summed E-state index contributed by atoms with van der Waals surface area (Å²) in [5, 5.41) is 7.02. The monoisotopic (exact) mass is 289 g/mol. The first-order valence-corrected chi connectivity index (χ1v) is 7.13. The summed E-state index contributed by atoms with van der Waals surface area (Å²) in [7, 11) is 0. The molecule has 1 unspecified atom stereocenters. The number of thiophene rings is 1. The summed E-state index contributed by atoms with van der Waals surface area (Å²) in [6.07, 6.45) is 2.12. The number of nitrogens with zero attached hydrogens (tertiary/aromatic N) is 3. The number of hydrogen-bond donors (Lipinski definition) is 2. The molecule has 2 saturated heterocycles. The summed E-state index contributed by atoms with van der Waals surface area (Å²) in [4.78, 5) is 33.9. The van der Waals surface area contributed by atoms with E-state index in [2.05, 4.69) is 20.6 Å². The second kappa shape index (κ2) is 3.89. The van der Waals surface area contributed by atoms with Crippen LogP contribution in [0.2, 0.25) is 0 Å². The molecule has 0 bridgehead atoms. The molecule has 0 aliphatic carbocycles. The molecule has 2 aliphatic heterocycles. The third kappa shape index (κ3) is 1.51. The maximum absolute atomic E-state index is 11.9. The van der Waals surface area contributed by atoms with Gasteiger partial charge in [-0.15, -0.1) is 11.3 Å². The highest BCUT2D eigenvalue weighted by Crippen LogP contribution is 2.33. The third-order valence-corrected chi connectivity index (χ3v) is 4.71. The van der Waals surface area contributed by atoms with Crippen LogP contribution in [0.25, 0.3) is 10.2 Å². The molecule has 1 spiro atoms. The van der Waals surface area contributed by atoms with E-state index < -0.39 is 11.6 Å². The van der Waals surface area contributed by atoms with Gasteiger partial charge in [-0.05, 0) is 17.9 Å². The minimum Gasteiger partial charge on any atom is -0.352 e. The van der Waals surface area contributed by atoms with Gasteiger partial charge < -0.3 is 10.2 Å². The molecule has 4 heterocycles. The number of imide groups is 1. The van der Waals surface area contributed by atoms with Crippen molar-refractivity contribution in [3.05, 3.63) is 17.8 Å². The predicted molar refractivity (Wildman–Crippen MR) is 73.7 cm³/mol. The molecule has 1 atom stereocenters. The molecule has 2 aromatic rings. The van der Waals surface area contributed by atoms with E-state index in [0.29, 0.717) is 19.5 Å². The van der Waals surface area contributed by atoms with Crippen molar-refractivity contribution in [2.24, 2.45) is 0 Å². The molecule has 2 aliphatic rings. The number of carbonyl (C=O) groups excluding carboxylic acids is 2. The van der Waals surface area contributed by atoms with Gasteiger partial charge in [0.1, 0.15) is 17.7 Å². The first kappa shape index (κ1) is 11.6.